The van der Waals surface area contributed by atoms with Gasteiger partial charge in [-0.3, -0.25) is 4.99 Å². The van der Waals surface area contributed by atoms with Crippen molar-refractivity contribution in [3.63, 3.8) is 0 Å². The maximum Gasteiger partial charge on any atom is 0.434 e. The number of aromatic nitrogens is 1. The largest absolute Gasteiger partial charge is 0.434 e. The highest BCUT2D eigenvalue weighted by atomic mass is 32.1. The highest BCUT2D eigenvalue weighted by Crippen LogP contribution is 2.29. The van der Waals surface area contributed by atoms with Gasteiger partial charge in [-0.1, -0.05) is 0 Å². The quantitative estimate of drug-likeness (QED) is 0.645. The Bertz CT molecular complexity index is 541. The molecule has 0 bridgehead atoms. The van der Waals surface area contributed by atoms with E-state index < -0.39 is 11.9 Å². The first-order valence-electron chi connectivity index (χ1n) is 7.91. The zero-order valence-electron chi connectivity index (χ0n) is 13.9. The molecule has 5 nitrogen and oxygen atoms in total. The van der Waals surface area contributed by atoms with E-state index in [1.54, 1.807) is 7.05 Å². The maximum absolute atomic E-state index is 12.6. The summed E-state index contributed by atoms with van der Waals surface area (Å²) in [5, 5.41) is 4.50. The number of hydrogen-bond acceptors (Lipinski definition) is 4. The Balaban J connectivity index is 1.79. The number of nitrogens with one attached hydrogen (secondary N) is 1. The van der Waals surface area contributed by atoms with Gasteiger partial charge in [0.2, 0.25) is 0 Å². The van der Waals surface area contributed by atoms with Crippen LogP contribution in [-0.4, -0.2) is 49.7 Å². The molecule has 0 unspecified atom stereocenters. The Morgan fingerprint density at radius 2 is 2.17 bits per heavy atom. The van der Waals surface area contributed by atoms with E-state index in [2.05, 4.69) is 15.3 Å². The van der Waals surface area contributed by atoms with Crippen LogP contribution in [0.25, 0.3) is 0 Å². The summed E-state index contributed by atoms with van der Waals surface area (Å²) in [5.74, 6) is 1.32. The molecule has 1 saturated heterocycles. The van der Waals surface area contributed by atoms with Gasteiger partial charge < -0.3 is 15.0 Å². The summed E-state index contributed by atoms with van der Waals surface area (Å²) in [5.41, 5.74) is -0.841. The van der Waals surface area contributed by atoms with Gasteiger partial charge in [0.15, 0.2) is 11.7 Å². The van der Waals surface area contributed by atoms with Crippen LogP contribution in [0.15, 0.2) is 10.4 Å². The smallest absolute Gasteiger partial charge is 0.381 e. The molecule has 1 N–H and O–H groups in total. The molecule has 2 heterocycles. The van der Waals surface area contributed by atoms with Crippen molar-refractivity contribution in [3.8, 4) is 0 Å². The van der Waals surface area contributed by atoms with E-state index in [0.717, 1.165) is 55.7 Å². The number of hydrogen-bond donors (Lipinski definition) is 1. The third-order valence-electron chi connectivity index (χ3n) is 4.03. The molecule has 0 aliphatic carbocycles. The van der Waals surface area contributed by atoms with Gasteiger partial charge in [-0.25, -0.2) is 4.98 Å². The van der Waals surface area contributed by atoms with Crippen LogP contribution in [-0.2, 0) is 17.5 Å². The van der Waals surface area contributed by atoms with E-state index in [0.29, 0.717) is 16.9 Å². The van der Waals surface area contributed by atoms with E-state index >= 15 is 0 Å². The molecular formula is C15H23F3N4OS. The number of guanidine groups is 1. The van der Waals surface area contributed by atoms with Crippen molar-refractivity contribution in [2.45, 2.75) is 32.0 Å². The molecule has 0 spiro atoms. The van der Waals surface area contributed by atoms with E-state index in [1.807, 2.05) is 11.9 Å². The number of ether oxygens (including phenoxy) is 1. The first-order valence-corrected chi connectivity index (χ1v) is 8.79. The predicted octanol–water partition coefficient (Wildman–Crippen LogP) is 2.99. The molecule has 24 heavy (non-hydrogen) atoms. The van der Waals surface area contributed by atoms with Gasteiger partial charge in [0, 0.05) is 39.2 Å². The topological polar surface area (TPSA) is 49.8 Å². The van der Waals surface area contributed by atoms with Gasteiger partial charge in [0.05, 0.1) is 6.54 Å². The van der Waals surface area contributed by atoms with Crippen LogP contribution in [0.2, 0.25) is 0 Å². The zero-order chi connectivity index (χ0) is 17.6. The second kappa shape index (κ2) is 8.66. The van der Waals surface area contributed by atoms with E-state index in [4.69, 9.17) is 4.74 Å². The molecule has 2 rings (SSSR count). The first kappa shape index (κ1) is 19.0. The number of aliphatic imine (C=N–C) groups is 1. The summed E-state index contributed by atoms with van der Waals surface area (Å²) in [4.78, 5) is 9.79. The molecular weight excluding hydrogens is 341 g/mol. The Kier molecular flexibility index (Phi) is 6.85. The number of rotatable bonds is 5. The summed E-state index contributed by atoms with van der Waals surface area (Å²) in [6.45, 7) is 2.73. The Morgan fingerprint density at radius 3 is 2.75 bits per heavy atom. The molecule has 0 atom stereocenters. The Hall–Kier alpha value is -1.35. The Labute approximate surface area is 143 Å². The normalized spacial score (nSPS) is 17.1. The SMILES string of the molecule is CN=C(NCc1nc(C(F)(F)F)cs1)N(C)CCC1CCOCC1. The fourth-order valence-corrected chi connectivity index (χ4v) is 3.32. The van der Waals surface area contributed by atoms with Gasteiger partial charge in [-0.2, -0.15) is 13.2 Å². The number of alkyl halides is 3. The third-order valence-corrected chi connectivity index (χ3v) is 4.88. The number of halogens is 3. The molecule has 9 heteroatoms. The molecule has 1 aliphatic rings. The fraction of sp³-hybridized carbons (Fsp3) is 0.733. The molecule has 1 aromatic heterocycles. The average Bonchev–Trinajstić information content (AvgIpc) is 3.04. The minimum absolute atomic E-state index is 0.231. The minimum Gasteiger partial charge on any atom is -0.381 e. The van der Waals surface area contributed by atoms with Gasteiger partial charge >= 0.3 is 6.18 Å². The molecule has 0 radical (unpaired) electrons. The van der Waals surface area contributed by atoms with Crippen LogP contribution in [0.1, 0.15) is 30.0 Å². The highest BCUT2D eigenvalue weighted by Gasteiger charge is 2.33. The molecule has 0 aromatic carbocycles. The second-order valence-electron chi connectivity index (χ2n) is 5.79. The fourth-order valence-electron chi connectivity index (χ4n) is 2.58. The van der Waals surface area contributed by atoms with Crippen molar-refractivity contribution in [1.29, 1.82) is 0 Å². The van der Waals surface area contributed by atoms with Crippen molar-refractivity contribution < 1.29 is 17.9 Å². The van der Waals surface area contributed by atoms with Gasteiger partial charge in [0.25, 0.3) is 0 Å². The first-order chi connectivity index (χ1) is 11.4. The molecule has 0 saturated carbocycles. The molecule has 0 amide bonds. The maximum atomic E-state index is 12.6. The standard InChI is InChI=1S/C15H23F3N4OS/c1-19-14(22(2)6-3-11-4-7-23-8-5-11)20-9-13-21-12(10-24-13)15(16,17)18/h10-11H,3-9H2,1-2H3,(H,19,20). The van der Waals surface area contributed by atoms with Gasteiger partial charge in [0.1, 0.15) is 5.01 Å². The highest BCUT2D eigenvalue weighted by molar-refractivity contribution is 7.09. The van der Waals surface area contributed by atoms with Crippen LogP contribution in [0.3, 0.4) is 0 Å². The van der Waals surface area contributed by atoms with Crippen LogP contribution in [0.4, 0.5) is 13.2 Å². The van der Waals surface area contributed by atoms with Crippen LogP contribution in [0.5, 0.6) is 0 Å². The van der Waals surface area contributed by atoms with Crippen molar-refractivity contribution >= 4 is 17.3 Å². The summed E-state index contributed by atoms with van der Waals surface area (Å²) in [6, 6.07) is 0. The predicted molar refractivity (Wildman–Crippen MR) is 88.1 cm³/mol. The monoisotopic (exact) mass is 364 g/mol. The summed E-state index contributed by atoms with van der Waals surface area (Å²) >= 11 is 0.996. The van der Waals surface area contributed by atoms with Crippen LogP contribution < -0.4 is 5.32 Å². The van der Waals surface area contributed by atoms with Crippen molar-refractivity contribution in [3.05, 3.63) is 16.1 Å². The summed E-state index contributed by atoms with van der Waals surface area (Å²) < 4.78 is 43.0. The van der Waals surface area contributed by atoms with Crippen molar-refractivity contribution in [2.24, 2.45) is 10.9 Å². The van der Waals surface area contributed by atoms with Crippen LogP contribution in [0, 0.1) is 5.92 Å². The van der Waals surface area contributed by atoms with Crippen molar-refractivity contribution in [1.82, 2.24) is 15.2 Å². The molecule has 1 aliphatic heterocycles. The second-order valence-corrected chi connectivity index (χ2v) is 6.73. The number of nitrogens with zero attached hydrogens (tertiary/aromatic N) is 3. The van der Waals surface area contributed by atoms with Crippen molar-refractivity contribution in [2.75, 3.05) is 33.9 Å². The van der Waals surface area contributed by atoms with E-state index in [-0.39, 0.29) is 6.54 Å². The lowest BCUT2D eigenvalue weighted by Gasteiger charge is -2.26. The van der Waals surface area contributed by atoms with Gasteiger partial charge in [-0.05, 0) is 25.2 Å². The zero-order valence-corrected chi connectivity index (χ0v) is 14.7. The van der Waals surface area contributed by atoms with E-state index in [9.17, 15) is 13.2 Å². The minimum atomic E-state index is -4.39. The average molecular weight is 364 g/mol. The lowest BCUT2D eigenvalue weighted by molar-refractivity contribution is -0.140. The number of thiazole rings is 1. The molecule has 136 valence electrons. The van der Waals surface area contributed by atoms with Crippen LogP contribution >= 0.6 is 11.3 Å². The Morgan fingerprint density at radius 1 is 1.46 bits per heavy atom. The third kappa shape index (κ3) is 5.62. The lowest BCUT2D eigenvalue weighted by atomic mass is 9.96. The summed E-state index contributed by atoms with van der Waals surface area (Å²) in [7, 11) is 3.59. The van der Waals surface area contributed by atoms with E-state index in [1.165, 1.54) is 0 Å². The lowest BCUT2D eigenvalue weighted by Crippen LogP contribution is -2.39. The molecule has 1 fully saturated rings. The summed E-state index contributed by atoms with van der Waals surface area (Å²) in [6.07, 6.45) is -1.18. The molecule has 1 aromatic rings. The van der Waals surface area contributed by atoms with Gasteiger partial charge in [-0.15, -0.1) is 11.3 Å².